The summed E-state index contributed by atoms with van der Waals surface area (Å²) >= 11 is 1.01. The molecule has 0 radical (unpaired) electrons. The second kappa shape index (κ2) is 7.43. The van der Waals surface area contributed by atoms with Gasteiger partial charge >= 0.3 is 0 Å². The van der Waals surface area contributed by atoms with E-state index in [4.69, 9.17) is 0 Å². The lowest BCUT2D eigenvalue weighted by atomic mass is 9.78. The molecule has 0 N–H and O–H groups in total. The van der Waals surface area contributed by atoms with Gasteiger partial charge in [-0.15, -0.1) is 6.58 Å². The van der Waals surface area contributed by atoms with Crippen molar-refractivity contribution in [2.75, 3.05) is 11.4 Å². The number of carbonyl (C=O) groups is 2. The molecule has 3 rings (SSSR count). The summed E-state index contributed by atoms with van der Waals surface area (Å²) in [5.74, 6) is 0.202. The van der Waals surface area contributed by atoms with E-state index in [9.17, 15) is 9.59 Å². The fourth-order valence-electron chi connectivity index (χ4n) is 4.67. The zero-order valence-electron chi connectivity index (χ0n) is 17.7. The van der Waals surface area contributed by atoms with Crippen LogP contribution in [0.4, 0.5) is 10.5 Å². The van der Waals surface area contributed by atoms with Crippen molar-refractivity contribution in [1.29, 1.82) is 0 Å². The Kier molecular flexibility index (Phi) is 5.50. The molecule has 0 aliphatic carbocycles. The van der Waals surface area contributed by atoms with Crippen LogP contribution in [0, 0.1) is 6.92 Å². The highest BCUT2D eigenvalue weighted by molar-refractivity contribution is 8.18. The first-order chi connectivity index (χ1) is 13.1. The van der Waals surface area contributed by atoms with E-state index >= 15 is 0 Å². The molecule has 2 heterocycles. The standard InChI is InChI=1S/C23H30N2O2S/c1-8-9-24-21(26)20(28-22(24)27)12-17-11-18-16(5)13-23(6,7)25(14(2)3)19(18)10-15(17)4/h8,10-12,14,16H,1,9,13H2,2-7H3/b20-12-/t16-/m1/s1. The predicted molar refractivity (Wildman–Crippen MR) is 119 cm³/mol. The fourth-order valence-corrected chi connectivity index (χ4v) is 5.51. The van der Waals surface area contributed by atoms with Crippen LogP contribution in [0.25, 0.3) is 6.08 Å². The largest absolute Gasteiger partial charge is 0.364 e. The van der Waals surface area contributed by atoms with Gasteiger partial charge in [0.15, 0.2) is 0 Å². The predicted octanol–water partition coefficient (Wildman–Crippen LogP) is 5.72. The van der Waals surface area contributed by atoms with Gasteiger partial charge in [0.1, 0.15) is 0 Å². The first-order valence-corrected chi connectivity index (χ1v) is 10.7. The van der Waals surface area contributed by atoms with Crippen molar-refractivity contribution in [2.24, 2.45) is 0 Å². The molecule has 0 bridgehead atoms. The molecule has 5 heteroatoms. The van der Waals surface area contributed by atoms with Crippen molar-refractivity contribution >= 4 is 34.7 Å². The number of thioether (sulfide) groups is 1. The van der Waals surface area contributed by atoms with Crippen LogP contribution in [0.3, 0.4) is 0 Å². The molecule has 0 spiro atoms. The van der Waals surface area contributed by atoms with Crippen LogP contribution in [0.15, 0.2) is 29.7 Å². The van der Waals surface area contributed by atoms with Crippen LogP contribution in [-0.2, 0) is 4.79 Å². The summed E-state index contributed by atoms with van der Waals surface area (Å²) in [5.41, 5.74) is 4.83. The first kappa shape index (κ1) is 20.7. The minimum absolute atomic E-state index is 0.0991. The van der Waals surface area contributed by atoms with E-state index < -0.39 is 0 Å². The molecule has 1 aromatic carbocycles. The lowest BCUT2D eigenvalue weighted by Gasteiger charge is -2.50. The Morgan fingerprint density at radius 1 is 1.32 bits per heavy atom. The second-order valence-corrected chi connectivity index (χ2v) is 9.72. The van der Waals surface area contributed by atoms with E-state index in [1.807, 2.05) is 6.08 Å². The first-order valence-electron chi connectivity index (χ1n) is 9.87. The summed E-state index contributed by atoms with van der Waals surface area (Å²) in [6.45, 7) is 17.3. The number of hydrogen-bond donors (Lipinski definition) is 0. The number of imide groups is 1. The Balaban J connectivity index is 2.05. The molecule has 0 unspecified atom stereocenters. The average molecular weight is 399 g/mol. The molecule has 1 aromatic rings. The second-order valence-electron chi connectivity index (χ2n) is 8.73. The Morgan fingerprint density at radius 2 is 2.00 bits per heavy atom. The molecule has 2 aliphatic heterocycles. The molecule has 2 aliphatic rings. The van der Waals surface area contributed by atoms with Crippen LogP contribution in [0.2, 0.25) is 0 Å². The summed E-state index contributed by atoms with van der Waals surface area (Å²) < 4.78 is 0. The molecule has 1 atom stereocenters. The van der Waals surface area contributed by atoms with Crippen molar-refractivity contribution in [1.82, 2.24) is 4.90 Å². The quantitative estimate of drug-likeness (QED) is 0.480. The van der Waals surface area contributed by atoms with E-state index in [2.05, 4.69) is 65.2 Å². The average Bonchev–Trinajstić information content (AvgIpc) is 2.83. The molecule has 1 fully saturated rings. The van der Waals surface area contributed by atoms with E-state index in [-0.39, 0.29) is 23.2 Å². The van der Waals surface area contributed by atoms with E-state index in [0.717, 1.165) is 29.3 Å². The summed E-state index contributed by atoms with van der Waals surface area (Å²) in [4.78, 5) is 28.9. The number of carbonyl (C=O) groups excluding carboxylic acids is 2. The van der Waals surface area contributed by atoms with Gasteiger partial charge in [0.2, 0.25) is 0 Å². The van der Waals surface area contributed by atoms with Crippen LogP contribution < -0.4 is 4.90 Å². The van der Waals surface area contributed by atoms with Gasteiger partial charge in [-0.3, -0.25) is 14.5 Å². The molecule has 2 amide bonds. The smallest absolute Gasteiger partial charge is 0.293 e. The topological polar surface area (TPSA) is 40.6 Å². The molecule has 28 heavy (non-hydrogen) atoms. The maximum absolute atomic E-state index is 12.6. The number of benzene rings is 1. The van der Waals surface area contributed by atoms with Gasteiger partial charge in [-0.25, -0.2) is 0 Å². The lowest BCUT2D eigenvalue weighted by molar-refractivity contribution is -0.122. The Labute approximate surface area is 172 Å². The van der Waals surface area contributed by atoms with Crippen molar-refractivity contribution in [3.05, 3.63) is 46.4 Å². The maximum Gasteiger partial charge on any atom is 0.293 e. The maximum atomic E-state index is 12.6. The van der Waals surface area contributed by atoms with Gasteiger partial charge in [0.25, 0.3) is 11.1 Å². The van der Waals surface area contributed by atoms with Gasteiger partial charge < -0.3 is 4.90 Å². The Bertz CT molecular complexity index is 870. The van der Waals surface area contributed by atoms with Gasteiger partial charge in [0, 0.05) is 23.8 Å². The SMILES string of the molecule is C=CCN1C(=O)S/C(=C\c2cc3c(cc2C)N(C(C)C)C(C)(C)C[C@H]3C)C1=O. The third kappa shape index (κ3) is 3.52. The van der Waals surface area contributed by atoms with E-state index in [1.165, 1.54) is 16.2 Å². The molecular weight excluding hydrogens is 368 g/mol. The normalized spacial score (nSPS) is 23.0. The molecule has 0 aromatic heterocycles. The summed E-state index contributed by atoms with van der Waals surface area (Å²) in [6.07, 6.45) is 4.53. The van der Waals surface area contributed by atoms with Crippen LogP contribution in [0.5, 0.6) is 0 Å². The third-order valence-electron chi connectivity index (χ3n) is 5.65. The van der Waals surface area contributed by atoms with Gasteiger partial charge in [-0.2, -0.15) is 0 Å². The molecule has 1 saturated heterocycles. The highest BCUT2D eigenvalue weighted by atomic mass is 32.2. The molecular formula is C23H30N2O2S. The van der Waals surface area contributed by atoms with Crippen molar-refractivity contribution in [3.8, 4) is 0 Å². The Morgan fingerprint density at radius 3 is 2.61 bits per heavy atom. The van der Waals surface area contributed by atoms with Crippen molar-refractivity contribution in [2.45, 2.75) is 65.5 Å². The summed E-state index contributed by atoms with van der Waals surface area (Å²) in [7, 11) is 0. The van der Waals surface area contributed by atoms with E-state index in [0.29, 0.717) is 16.9 Å². The summed E-state index contributed by atoms with van der Waals surface area (Å²) in [6, 6.07) is 4.86. The molecule has 150 valence electrons. The summed E-state index contributed by atoms with van der Waals surface area (Å²) in [5, 5.41) is -0.229. The van der Waals surface area contributed by atoms with Crippen LogP contribution in [0.1, 0.15) is 63.6 Å². The van der Waals surface area contributed by atoms with E-state index in [1.54, 1.807) is 6.08 Å². The number of amides is 2. The number of rotatable bonds is 4. The monoisotopic (exact) mass is 398 g/mol. The zero-order chi connectivity index (χ0) is 20.8. The van der Waals surface area contributed by atoms with Gasteiger partial charge in [0.05, 0.1) is 4.91 Å². The third-order valence-corrected chi connectivity index (χ3v) is 6.56. The molecule has 0 saturated carbocycles. The minimum Gasteiger partial charge on any atom is -0.364 e. The fraction of sp³-hybridized carbons (Fsp3) is 0.478. The Hall–Kier alpha value is -2.01. The number of nitrogens with zero attached hydrogens (tertiary/aromatic N) is 2. The number of fused-ring (bicyclic) bond motifs is 1. The van der Waals surface area contributed by atoms with Crippen molar-refractivity contribution in [3.63, 3.8) is 0 Å². The van der Waals surface area contributed by atoms with Crippen LogP contribution in [-0.4, -0.2) is 34.2 Å². The number of anilines is 1. The number of hydrogen-bond acceptors (Lipinski definition) is 4. The highest BCUT2D eigenvalue weighted by Crippen LogP contribution is 2.46. The van der Waals surface area contributed by atoms with Crippen LogP contribution >= 0.6 is 11.8 Å². The van der Waals surface area contributed by atoms with Gasteiger partial charge in [-0.1, -0.05) is 13.0 Å². The highest BCUT2D eigenvalue weighted by Gasteiger charge is 2.38. The van der Waals surface area contributed by atoms with Gasteiger partial charge in [-0.05, 0) is 93.6 Å². The lowest BCUT2D eigenvalue weighted by Crippen LogP contribution is -2.51. The number of aryl methyl sites for hydroxylation is 1. The zero-order valence-corrected chi connectivity index (χ0v) is 18.5. The molecule has 4 nitrogen and oxygen atoms in total. The van der Waals surface area contributed by atoms with Crippen molar-refractivity contribution < 1.29 is 9.59 Å². The minimum atomic E-state index is -0.231.